The summed E-state index contributed by atoms with van der Waals surface area (Å²) < 4.78 is 1.03. The summed E-state index contributed by atoms with van der Waals surface area (Å²) in [5.41, 5.74) is 1.32. The number of rotatable bonds is 4. The highest BCUT2D eigenvalue weighted by Gasteiger charge is 2.35. The quantitative estimate of drug-likeness (QED) is 0.786. The van der Waals surface area contributed by atoms with Gasteiger partial charge >= 0.3 is 5.97 Å². The molecule has 1 aliphatic carbocycles. The monoisotopic (exact) mass is 341 g/mol. The molecule has 0 aromatic heterocycles. The molecule has 0 spiro atoms. The number of anilines is 1. The molecule has 0 amide bonds. The van der Waals surface area contributed by atoms with Crippen LogP contribution in [0.15, 0.2) is 22.7 Å². The number of carboxylic acid groups (broad SMARTS) is 1. The lowest BCUT2D eigenvalue weighted by Gasteiger charge is -2.35. The van der Waals surface area contributed by atoms with E-state index in [1.54, 1.807) is 0 Å². The van der Waals surface area contributed by atoms with Crippen molar-refractivity contribution >= 4 is 27.6 Å². The van der Waals surface area contributed by atoms with Gasteiger partial charge in [-0.05, 0) is 50.3 Å². The summed E-state index contributed by atoms with van der Waals surface area (Å²) in [6, 6.07) is 5.98. The van der Waals surface area contributed by atoms with Crippen LogP contribution in [0.1, 0.15) is 31.2 Å². The molecule has 5 heteroatoms. The van der Waals surface area contributed by atoms with Gasteiger partial charge in [0.2, 0.25) is 0 Å². The van der Waals surface area contributed by atoms with Crippen LogP contribution in [-0.4, -0.2) is 28.3 Å². The third-order valence-corrected chi connectivity index (χ3v) is 4.91. The average molecular weight is 342 g/mol. The van der Waals surface area contributed by atoms with Crippen molar-refractivity contribution < 1.29 is 15.0 Å². The van der Waals surface area contributed by atoms with Gasteiger partial charge in [-0.3, -0.25) is 4.79 Å². The fraction of sp³-hybridized carbons (Fsp3) is 0.533. The Morgan fingerprint density at radius 2 is 2.10 bits per heavy atom. The highest BCUT2D eigenvalue weighted by Crippen LogP contribution is 2.32. The van der Waals surface area contributed by atoms with Gasteiger partial charge in [0.15, 0.2) is 0 Å². The summed E-state index contributed by atoms with van der Waals surface area (Å²) in [6.45, 7) is 2.48. The Morgan fingerprint density at radius 3 is 2.65 bits per heavy atom. The molecule has 4 nitrogen and oxygen atoms in total. The fourth-order valence-corrected chi connectivity index (χ4v) is 2.93. The van der Waals surface area contributed by atoms with E-state index in [2.05, 4.69) is 21.2 Å². The van der Waals surface area contributed by atoms with E-state index in [0.29, 0.717) is 32.2 Å². The van der Waals surface area contributed by atoms with Crippen LogP contribution in [0.2, 0.25) is 0 Å². The van der Waals surface area contributed by atoms with E-state index in [0.717, 1.165) is 15.7 Å². The molecule has 1 fully saturated rings. The van der Waals surface area contributed by atoms with Crippen molar-refractivity contribution in [2.75, 3.05) is 11.9 Å². The number of carboxylic acids is 1. The molecule has 1 aromatic carbocycles. The van der Waals surface area contributed by atoms with Gasteiger partial charge in [-0.15, -0.1) is 0 Å². The van der Waals surface area contributed by atoms with E-state index in [4.69, 9.17) is 5.11 Å². The van der Waals surface area contributed by atoms with Crippen molar-refractivity contribution in [1.82, 2.24) is 0 Å². The second-order valence-electron chi connectivity index (χ2n) is 5.65. The molecule has 110 valence electrons. The van der Waals surface area contributed by atoms with Crippen molar-refractivity contribution in [1.29, 1.82) is 0 Å². The summed E-state index contributed by atoms with van der Waals surface area (Å²) in [5.74, 6) is -1.05. The predicted octanol–water partition coefficient (Wildman–Crippen LogP) is 3.18. The second kappa shape index (κ2) is 6.14. The molecule has 0 radical (unpaired) electrons. The van der Waals surface area contributed by atoms with E-state index < -0.39 is 11.6 Å². The molecule has 0 saturated heterocycles. The lowest BCUT2D eigenvalue weighted by Crippen LogP contribution is -2.41. The van der Waals surface area contributed by atoms with Gasteiger partial charge in [-0.25, -0.2) is 0 Å². The number of aliphatic carboxylic acids is 1. The zero-order valence-corrected chi connectivity index (χ0v) is 13.1. The molecule has 0 bridgehead atoms. The standard InChI is InChI=1S/C15H20BrNO3/c1-10-2-3-12(8-13(10)16)17-9-15(20)6-4-11(5-7-15)14(18)19/h2-3,8,11,17,20H,4-7,9H2,1H3,(H,18,19). The van der Waals surface area contributed by atoms with Gasteiger partial charge in [0.05, 0.1) is 11.5 Å². The maximum Gasteiger partial charge on any atom is 0.306 e. The third kappa shape index (κ3) is 3.73. The van der Waals surface area contributed by atoms with Crippen molar-refractivity contribution in [3.05, 3.63) is 28.2 Å². The summed E-state index contributed by atoms with van der Waals surface area (Å²) in [7, 11) is 0. The van der Waals surface area contributed by atoms with Gasteiger partial charge in [-0.2, -0.15) is 0 Å². The Labute approximate surface area is 127 Å². The van der Waals surface area contributed by atoms with Crippen molar-refractivity contribution in [2.45, 2.75) is 38.2 Å². The highest BCUT2D eigenvalue weighted by molar-refractivity contribution is 9.10. The third-order valence-electron chi connectivity index (χ3n) is 4.06. The number of halogens is 1. The molecule has 2 rings (SSSR count). The first kappa shape index (κ1) is 15.3. The number of hydrogen-bond donors (Lipinski definition) is 3. The molecule has 20 heavy (non-hydrogen) atoms. The topological polar surface area (TPSA) is 69.6 Å². The largest absolute Gasteiger partial charge is 0.481 e. The molecule has 1 saturated carbocycles. The van der Waals surface area contributed by atoms with Crippen LogP contribution in [0, 0.1) is 12.8 Å². The van der Waals surface area contributed by atoms with Crippen LogP contribution in [0.25, 0.3) is 0 Å². The van der Waals surface area contributed by atoms with E-state index >= 15 is 0 Å². The van der Waals surface area contributed by atoms with Crippen LogP contribution in [0.4, 0.5) is 5.69 Å². The molecule has 1 aromatic rings. The number of hydrogen-bond acceptors (Lipinski definition) is 3. The maximum absolute atomic E-state index is 10.9. The number of aliphatic hydroxyl groups is 1. The van der Waals surface area contributed by atoms with Gasteiger partial charge < -0.3 is 15.5 Å². The Morgan fingerprint density at radius 1 is 1.45 bits per heavy atom. The normalized spacial score (nSPS) is 26.2. The second-order valence-corrected chi connectivity index (χ2v) is 6.51. The highest BCUT2D eigenvalue weighted by atomic mass is 79.9. The van der Waals surface area contributed by atoms with Crippen LogP contribution >= 0.6 is 15.9 Å². The van der Waals surface area contributed by atoms with Gasteiger partial charge in [0.25, 0.3) is 0 Å². The maximum atomic E-state index is 10.9. The zero-order valence-electron chi connectivity index (χ0n) is 11.5. The van der Waals surface area contributed by atoms with E-state index in [1.807, 2.05) is 25.1 Å². The first-order valence-corrected chi connectivity index (χ1v) is 7.64. The zero-order chi connectivity index (χ0) is 14.8. The number of aryl methyl sites for hydroxylation is 1. The Balaban J connectivity index is 1.90. The molecular formula is C15H20BrNO3. The summed E-state index contributed by atoms with van der Waals surface area (Å²) >= 11 is 3.48. The lowest BCUT2D eigenvalue weighted by atomic mass is 9.79. The lowest BCUT2D eigenvalue weighted by molar-refractivity contribution is -0.144. The first-order chi connectivity index (χ1) is 9.39. The number of carbonyl (C=O) groups is 1. The minimum atomic E-state index is -0.802. The van der Waals surface area contributed by atoms with E-state index in [1.165, 1.54) is 0 Å². The van der Waals surface area contributed by atoms with Crippen LogP contribution < -0.4 is 5.32 Å². The minimum absolute atomic E-state index is 0.302. The molecule has 0 heterocycles. The molecular weight excluding hydrogens is 322 g/mol. The Kier molecular flexibility index (Phi) is 4.70. The minimum Gasteiger partial charge on any atom is -0.481 e. The van der Waals surface area contributed by atoms with E-state index in [9.17, 15) is 9.90 Å². The summed E-state index contributed by atoms with van der Waals surface area (Å²) in [6.07, 6.45) is 2.16. The van der Waals surface area contributed by atoms with Crippen molar-refractivity contribution in [3.63, 3.8) is 0 Å². The molecule has 0 aliphatic heterocycles. The van der Waals surface area contributed by atoms with Crippen LogP contribution in [0.5, 0.6) is 0 Å². The van der Waals surface area contributed by atoms with Crippen LogP contribution in [-0.2, 0) is 4.79 Å². The first-order valence-electron chi connectivity index (χ1n) is 6.85. The van der Waals surface area contributed by atoms with Crippen molar-refractivity contribution in [3.8, 4) is 0 Å². The van der Waals surface area contributed by atoms with Gasteiger partial charge in [0.1, 0.15) is 0 Å². The van der Waals surface area contributed by atoms with Crippen molar-refractivity contribution in [2.24, 2.45) is 5.92 Å². The van der Waals surface area contributed by atoms with Gasteiger partial charge in [-0.1, -0.05) is 22.0 Å². The van der Waals surface area contributed by atoms with Crippen LogP contribution in [0.3, 0.4) is 0 Å². The Hall–Kier alpha value is -1.07. The summed E-state index contributed by atoms with van der Waals surface area (Å²) in [5, 5.41) is 22.7. The fourth-order valence-electron chi connectivity index (χ4n) is 2.55. The SMILES string of the molecule is Cc1ccc(NCC2(O)CCC(C(=O)O)CC2)cc1Br. The predicted molar refractivity (Wildman–Crippen MR) is 81.9 cm³/mol. The molecule has 0 unspecified atom stereocenters. The smallest absolute Gasteiger partial charge is 0.306 e. The van der Waals surface area contributed by atoms with Gasteiger partial charge in [0, 0.05) is 16.7 Å². The molecule has 3 N–H and O–H groups in total. The average Bonchev–Trinajstić information content (AvgIpc) is 2.41. The Bertz CT molecular complexity index is 496. The molecule has 1 aliphatic rings. The summed E-state index contributed by atoms with van der Waals surface area (Å²) in [4.78, 5) is 10.9. The van der Waals surface area contributed by atoms with E-state index in [-0.39, 0.29) is 5.92 Å². The number of benzene rings is 1. The number of nitrogens with one attached hydrogen (secondary N) is 1. The molecule has 0 atom stereocenters.